The van der Waals surface area contributed by atoms with E-state index in [2.05, 4.69) is 10.6 Å². The van der Waals surface area contributed by atoms with E-state index >= 15 is 0 Å². The summed E-state index contributed by atoms with van der Waals surface area (Å²) in [5.74, 6) is 0. The molecule has 0 bridgehead atoms. The van der Waals surface area contributed by atoms with Crippen molar-refractivity contribution in [3.8, 4) is 0 Å². The Labute approximate surface area is 102 Å². The fourth-order valence-electron chi connectivity index (χ4n) is 1.07. The van der Waals surface area contributed by atoms with E-state index in [4.69, 9.17) is 46.4 Å². The van der Waals surface area contributed by atoms with Gasteiger partial charge < -0.3 is 10.6 Å². The highest BCUT2D eigenvalue weighted by atomic mass is 35.5. The summed E-state index contributed by atoms with van der Waals surface area (Å²) in [6.07, 6.45) is 0. The van der Waals surface area contributed by atoms with E-state index in [9.17, 15) is 0 Å². The van der Waals surface area contributed by atoms with E-state index < -0.39 is 0 Å². The molecule has 0 aliphatic carbocycles. The average molecular weight is 274 g/mol. The molecule has 6 heteroatoms. The minimum absolute atomic E-state index is 0.355. The maximum Gasteiger partial charge on any atom is 0.0861 e. The fourth-order valence-corrected chi connectivity index (χ4v) is 2.30. The minimum atomic E-state index is 0.355. The van der Waals surface area contributed by atoms with E-state index in [0.29, 0.717) is 31.5 Å². The second kappa shape index (κ2) is 4.67. The summed E-state index contributed by atoms with van der Waals surface area (Å²) in [6.45, 7) is 0. The Bertz CT molecular complexity index is 301. The smallest absolute Gasteiger partial charge is 0.0861 e. The Morgan fingerprint density at radius 2 is 0.857 bits per heavy atom. The van der Waals surface area contributed by atoms with Gasteiger partial charge in [0.2, 0.25) is 0 Å². The van der Waals surface area contributed by atoms with Crippen molar-refractivity contribution in [2.45, 2.75) is 0 Å². The predicted octanol–water partition coefficient (Wildman–Crippen LogP) is 4.38. The fraction of sp³-hybridized carbons (Fsp3) is 0.250. The quantitative estimate of drug-likeness (QED) is 0.782. The summed E-state index contributed by atoms with van der Waals surface area (Å²) < 4.78 is 0. The summed E-state index contributed by atoms with van der Waals surface area (Å²) >= 11 is 23.9. The lowest BCUT2D eigenvalue weighted by atomic mass is 10.2. The molecule has 0 saturated heterocycles. The van der Waals surface area contributed by atoms with Crippen molar-refractivity contribution in [2.24, 2.45) is 0 Å². The highest BCUT2D eigenvalue weighted by Gasteiger charge is 2.18. The monoisotopic (exact) mass is 272 g/mol. The van der Waals surface area contributed by atoms with Crippen LogP contribution in [0.1, 0.15) is 0 Å². The van der Waals surface area contributed by atoms with E-state index in [1.807, 2.05) is 0 Å². The Kier molecular flexibility index (Phi) is 4.02. The summed E-state index contributed by atoms with van der Waals surface area (Å²) in [5.41, 5.74) is 1.06. The number of anilines is 2. The standard InChI is InChI=1S/C8H8Cl4N2/c1-13-7-3(9)5(11)8(14-2)6(12)4(7)10/h13-14H,1-2H3. The molecule has 0 unspecified atom stereocenters. The Hall–Kier alpha value is -0.0200. The Morgan fingerprint density at radius 3 is 1.00 bits per heavy atom. The third-order valence-corrected chi connectivity index (χ3v) is 3.47. The molecule has 1 aromatic carbocycles. The van der Waals surface area contributed by atoms with Crippen LogP contribution in [0.5, 0.6) is 0 Å². The van der Waals surface area contributed by atoms with Gasteiger partial charge in [-0.05, 0) is 0 Å². The topological polar surface area (TPSA) is 24.1 Å². The van der Waals surface area contributed by atoms with Crippen molar-refractivity contribution in [3.05, 3.63) is 20.1 Å². The van der Waals surface area contributed by atoms with Crippen molar-refractivity contribution in [2.75, 3.05) is 24.7 Å². The second-order valence-electron chi connectivity index (χ2n) is 2.51. The van der Waals surface area contributed by atoms with Gasteiger partial charge in [-0.2, -0.15) is 0 Å². The SMILES string of the molecule is CNc1c(Cl)c(Cl)c(NC)c(Cl)c1Cl. The third kappa shape index (κ3) is 1.84. The Morgan fingerprint density at radius 1 is 0.643 bits per heavy atom. The molecular formula is C8H8Cl4N2. The summed E-state index contributed by atoms with van der Waals surface area (Å²) in [4.78, 5) is 0. The molecule has 1 aromatic rings. The largest absolute Gasteiger partial charge is 0.386 e. The third-order valence-electron chi connectivity index (χ3n) is 1.76. The van der Waals surface area contributed by atoms with Gasteiger partial charge in [-0.15, -0.1) is 0 Å². The van der Waals surface area contributed by atoms with Gasteiger partial charge in [0.1, 0.15) is 0 Å². The Balaban J connectivity index is 3.55. The molecule has 0 spiro atoms. The lowest BCUT2D eigenvalue weighted by molar-refractivity contribution is 1.47. The normalized spacial score (nSPS) is 10.1. The average Bonchev–Trinajstić information content (AvgIpc) is 2.17. The molecule has 0 saturated carbocycles. The van der Waals surface area contributed by atoms with Crippen molar-refractivity contribution in [1.82, 2.24) is 0 Å². The number of hydrogen-bond donors (Lipinski definition) is 2. The molecule has 0 amide bonds. The summed E-state index contributed by atoms with van der Waals surface area (Å²) in [5, 5.41) is 7.09. The van der Waals surface area contributed by atoms with Gasteiger partial charge in [-0.25, -0.2) is 0 Å². The van der Waals surface area contributed by atoms with Gasteiger partial charge in [0.15, 0.2) is 0 Å². The first-order chi connectivity index (χ1) is 6.54. The van der Waals surface area contributed by atoms with Crippen LogP contribution in [0.2, 0.25) is 20.1 Å². The molecule has 0 aromatic heterocycles. The van der Waals surface area contributed by atoms with Gasteiger partial charge in [0.05, 0.1) is 31.5 Å². The van der Waals surface area contributed by atoms with Crippen LogP contribution in [0.3, 0.4) is 0 Å². The molecule has 0 radical (unpaired) electrons. The van der Waals surface area contributed by atoms with Crippen molar-refractivity contribution >= 4 is 57.8 Å². The van der Waals surface area contributed by atoms with E-state index in [-0.39, 0.29) is 0 Å². The molecule has 2 nitrogen and oxygen atoms in total. The molecular weight excluding hydrogens is 266 g/mol. The zero-order valence-electron chi connectivity index (χ0n) is 7.51. The lowest BCUT2D eigenvalue weighted by Crippen LogP contribution is -1.97. The van der Waals surface area contributed by atoms with Gasteiger partial charge in [-0.3, -0.25) is 0 Å². The summed E-state index contributed by atoms with van der Waals surface area (Å²) in [6, 6.07) is 0. The molecule has 1 rings (SSSR count). The van der Waals surface area contributed by atoms with Crippen LogP contribution in [-0.2, 0) is 0 Å². The number of hydrogen-bond acceptors (Lipinski definition) is 2. The highest BCUT2D eigenvalue weighted by molar-refractivity contribution is 6.52. The molecule has 0 fully saturated rings. The van der Waals surface area contributed by atoms with E-state index in [1.165, 1.54) is 0 Å². The zero-order chi connectivity index (χ0) is 10.9. The van der Waals surface area contributed by atoms with Crippen molar-refractivity contribution in [3.63, 3.8) is 0 Å². The summed E-state index contributed by atoms with van der Waals surface area (Å²) in [7, 11) is 3.39. The maximum absolute atomic E-state index is 5.98. The molecule has 0 atom stereocenters. The van der Waals surface area contributed by atoms with Gasteiger partial charge in [-0.1, -0.05) is 46.4 Å². The lowest BCUT2D eigenvalue weighted by Gasteiger charge is -2.14. The van der Waals surface area contributed by atoms with Crippen molar-refractivity contribution in [1.29, 1.82) is 0 Å². The van der Waals surface area contributed by atoms with Crippen LogP contribution in [-0.4, -0.2) is 14.1 Å². The molecule has 0 aliphatic rings. The predicted molar refractivity (Wildman–Crippen MR) is 65.6 cm³/mol. The number of benzene rings is 1. The van der Waals surface area contributed by atoms with Crippen LogP contribution in [0.15, 0.2) is 0 Å². The highest BCUT2D eigenvalue weighted by Crippen LogP contribution is 2.46. The first-order valence-electron chi connectivity index (χ1n) is 3.76. The molecule has 0 aliphatic heterocycles. The number of halogens is 4. The zero-order valence-corrected chi connectivity index (χ0v) is 10.5. The molecule has 78 valence electrons. The van der Waals surface area contributed by atoms with Crippen LogP contribution in [0.4, 0.5) is 11.4 Å². The molecule has 0 heterocycles. The van der Waals surface area contributed by atoms with Crippen LogP contribution >= 0.6 is 46.4 Å². The molecule has 14 heavy (non-hydrogen) atoms. The number of nitrogens with one attached hydrogen (secondary N) is 2. The first kappa shape index (κ1) is 12.1. The van der Waals surface area contributed by atoms with Crippen LogP contribution in [0, 0.1) is 0 Å². The van der Waals surface area contributed by atoms with E-state index in [0.717, 1.165) is 0 Å². The maximum atomic E-state index is 5.98. The van der Waals surface area contributed by atoms with E-state index in [1.54, 1.807) is 14.1 Å². The van der Waals surface area contributed by atoms with Gasteiger partial charge in [0.25, 0.3) is 0 Å². The van der Waals surface area contributed by atoms with Crippen molar-refractivity contribution < 1.29 is 0 Å². The first-order valence-corrected chi connectivity index (χ1v) is 5.27. The second-order valence-corrected chi connectivity index (χ2v) is 4.02. The number of rotatable bonds is 2. The van der Waals surface area contributed by atoms with Crippen LogP contribution in [0.25, 0.3) is 0 Å². The molecule has 2 N–H and O–H groups in total. The van der Waals surface area contributed by atoms with Gasteiger partial charge >= 0.3 is 0 Å². The van der Waals surface area contributed by atoms with Gasteiger partial charge in [0, 0.05) is 14.1 Å². The minimum Gasteiger partial charge on any atom is -0.386 e. The van der Waals surface area contributed by atoms with Crippen LogP contribution < -0.4 is 10.6 Å².